The summed E-state index contributed by atoms with van der Waals surface area (Å²) in [6, 6.07) is 13.8. The Bertz CT molecular complexity index is 1110. The van der Waals surface area contributed by atoms with Gasteiger partial charge in [0.1, 0.15) is 5.82 Å². The number of hydrogen-bond donors (Lipinski definition) is 0. The van der Waals surface area contributed by atoms with Gasteiger partial charge in [-0.05, 0) is 29.8 Å². The SMILES string of the molecule is Cn1c(CN(CCN2CCOCC2)C(=O)Cc2ccc3c(c2)OCO3)nc2ccccc21. The normalized spacial score (nSPS) is 15.9. The third-order valence-corrected chi connectivity index (χ3v) is 6.15. The van der Waals surface area contributed by atoms with Crippen molar-refractivity contribution in [2.24, 2.45) is 7.05 Å². The van der Waals surface area contributed by atoms with Gasteiger partial charge >= 0.3 is 0 Å². The Morgan fingerprint density at radius 2 is 1.91 bits per heavy atom. The third kappa shape index (κ3) is 4.42. The molecule has 8 heteroatoms. The first-order chi connectivity index (χ1) is 15.7. The summed E-state index contributed by atoms with van der Waals surface area (Å²) in [6.07, 6.45) is 0.309. The van der Waals surface area contributed by atoms with Gasteiger partial charge in [0, 0.05) is 33.2 Å². The molecular weight excluding hydrogens is 408 g/mol. The molecule has 2 aromatic carbocycles. The summed E-state index contributed by atoms with van der Waals surface area (Å²) >= 11 is 0. The second kappa shape index (κ2) is 9.18. The van der Waals surface area contributed by atoms with Gasteiger partial charge in [-0.25, -0.2) is 4.98 Å². The molecule has 0 aliphatic carbocycles. The van der Waals surface area contributed by atoms with Crippen molar-refractivity contribution in [1.82, 2.24) is 19.4 Å². The molecule has 5 rings (SSSR count). The van der Waals surface area contributed by atoms with Crippen molar-refractivity contribution in [1.29, 1.82) is 0 Å². The summed E-state index contributed by atoms with van der Waals surface area (Å²) in [4.78, 5) is 22.4. The Morgan fingerprint density at radius 3 is 2.75 bits per heavy atom. The summed E-state index contributed by atoms with van der Waals surface area (Å²) in [7, 11) is 2.01. The average molecular weight is 437 g/mol. The molecule has 168 valence electrons. The molecule has 0 radical (unpaired) electrons. The molecule has 1 aromatic heterocycles. The van der Waals surface area contributed by atoms with Crippen LogP contribution in [0.4, 0.5) is 0 Å². The molecule has 0 N–H and O–H groups in total. The van der Waals surface area contributed by atoms with Crippen LogP contribution in [0.5, 0.6) is 11.5 Å². The molecule has 3 heterocycles. The lowest BCUT2D eigenvalue weighted by Gasteiger charge is -2.30. The second-order valence-corrected chi connectivity index (χ2v) is 8.21. The predicted molar refractivity (Wildman–Crippen MR) is 120 cm³/mol. The first-order valence-electron chi connectivity index (χ1n) is 11.0. The Balaban J connectivity index is 1.34. The molecule has 0 atom stereocenters. The van der Waals surface area contributed by atoms with Crippen molar-refractivity contribution in [3.05, 3.63) is 53.9 Å². The van der Waals surface area contributed by atoms with Gasteiger partial charge in [0.15, 0.2) is 11.5 Å². The lowest BCUT2D eigenvalue weighted by Crippen LogP contribution is -2.43. The number of amides is 1. The minimum Gasteiger partial charge on any atom is -0.454 e. The fourth-order valence-corrected chi connectivity index (χ4v) is 4.22. The van der Waals surface area contributed by atoms with E-state index in [1.807, 2.05) is 48.3 Å². The van der Waals surface area contributed by atoms with Crippen molar-refractivity contribution >= 4 is 16.9 Å². The number of nitrogens with zero attached hydrogens (tertiary/aromatic N) is 4. The van der Waals surface area contributed by atoms with E-state index in [1.165, 1.54) is 0 Å². The maximum absolute atomic E-state index is 13.4. The van der Waals surface area contributed by atoms with Gasteiger partial charge in [0.2, 0.25) is 12.7 Å². The number of fused-ring (bicyclic) bond motifs is 2. The number of carbonyl (C=O) groups excluding carboxylic acids is 1. The topological polar surface area (TPSA) is 69.1 Å². The van der Waals surface area contributed by atoms with Gasteiger partial charge in [-0.2, -0.15) is 0 Å². The molecule has 0 saturated carbocycles. The molecule has 0 unspecified atom stereocenters. The first-order valence-corrected chi connectivity index (χ1v) is 11.0. The smallest absolute Gasteiger partial charge is 0.231 e. The highest BCUT2D eigenvalue weighted by molar-refractivity contribution is 5.79. The van der Waals surface area contributed by atoms with Crippen LogP contribution < -0.4 is 9.47 Å². The summed E-state index contributed by atoms with van der Waals surface area (Å²) in [5.41, 5.74) is 2.93. The van der Waals surface area contributed by atoms with Crippen LogP contribution in [0.1, 0.15) is 11.4 Å². The molecule has 1 fully saturated rings. The van der Waals surface area contributed by atoms with Crippen LogP contribution in [0.2, 0.25) is 0 Å². The summed E-state index contributed by atoms with van der Waals surface area (Å²) in [6.45, 7) is 5.45. The maximum Gasteiger partial charge on any atom is 0.231 e. The number of ether oxygens (including phenoxy) is 3. The quantitative estimate of drug-likeness (QED) is 0.566. The Kier molecular flexibility index (Phi) is 5.96. The fraction of sp³-hybridized carbons (Fsp3) is 0.417. The number of morpholine rings is 1. The van der Waals surface area contributed by atoms with E-state index in [-0.39, 0.29) is 12.7 Å². The van der Waals surface area contributed by atoms with Crippen LogP contribution in [0.25, 0.3) is 11.0 Å². The minimum atomic E-state index is 0.0733. The zero-order chi connectivity index (χ0) is 21.9. The molecular formula is C24H28N4O4. The van der Waals surface area contributed by atoms with E-state index in [4.69, 9.17) is 19.2 Å². The highest BCUT2D eigenvalue weighted by Gasteiger charge is 2.21. The van der Waals surface area contributed by atoms with Gasteiger partial charge in [0.25, 0.3) is 0 Å². The largest absolute Gasteiger partial charge is 0.454 e. The van der Waals surface area contributed by atoms with E-state index in [9.17, 15) is 4.79 Å². The zero-order valence-corrected chi connectivity index (χ0v) is 18.3. The summed E-state index contributed by atoms with van der Waals surface area (Å²) < 4.78 is 18.4. The van der Waals surface area contributed by atoms with Crippen molar-refractivity contribution in [2.45, 2.75) is 13.0 Å². The second-order valence-electron chi connectivity index (χ2n) is 8.21. The Hall–Kier alpha value is -3.10. The van der Waals surface area contributed by atoms with Crippen molar-refractivity contribution in [3.63, 3.8) is 0 Å². The van der Waals surface area contributed by atoms with E-state index in [1.54, 1.807) is 0 Å². The summed E-state index contributed by atoms with van der Waals surface area (Å²) in [5.74, 6) is 2.38. The number of para-hydroxylation sites is 2. The van der Waals surface area contributed by atoms with E-state index >= 15 is 0 Å². The predicted octanol–water partition coefficient (Wildman–Crippen LogP) is 2.21. The van der Waals surface area contributed by atoms with Gasteiger partial charge < -0.3 is 23.7 Å². The van der Waals surface area contributed by atoms with Crippen molar-refractivity contribution in [3.8, 4) is 11.5 Å². The highest BCUT2D eigenvalue weighted by Crippen LogP contribution is 2.32. The molecule has 0 bridgehead atoms. The zero-order valence-electron chi connectivity index (χ0n) is 18.3. The highest BCUT2D eigenvalue weighted by atomic mass is 16.7. The monoisotopic (exact) mass is 436 g/mol. The van der Waals surface area contributed by atoms with Crippen molar-refractivity contribution < 1.29 is 19.0 Å². The van der Waals surface area contributed by atoms with E-state index in [0.29, 0.717) is 25.3 Å². The number of benzene rings is 2. The van der Waals surface area contributed by atoms with Crippen LogP contribution >= 0.6 is 0 Å². The van der Waals surface area contributed by atoms with E-state index < -0.39 is 0 Å². The number of carbonyl (C=O) groups is 1. The first kappa shape index (κ1) is 20.8. The number of rotatable bonds is 7. The van der Waals surface area contributed by atoms with Gasteiger partial charge in [-0.1, -0.05) is 18.2 Å². The van der Waals surface area contributed by atoms with Crippen LogP contribution in [0.15, 0.2) is 42.5 Å². The molecule has 8 nitrogen and oxygen atoms in total. The maximum atomic E-state index is 13.4. The van der Waals surface area contributed by atoms with Crippen LogP contribution in [0.3, 0.4) is 0 Å². The molecule has 32 heavy (non-hydrogen) atoms. The van der Waals surface area contributed by atoms with Crippen molar-refractivity contribution in [2.75, 3.05) is 46.2 Å². The van der Waals surface area contributed by atoms with E-state index in [2.05, 4.69) is 15.5 Å². The van der Waals surface area contributed by atoms with Gasteiger partial charge in [-0.15, -0.1) is 0 Å². The number of aromatic nitrogens is 2. The van der Waals surface area contributed by atoms with Crippen LogP contribution in [-0.2, 0) is 29.5 Å². The Morgan fingerprint density at radius 1 is 1.09 bits per heavy atom. The Labute approximate surface area is 187 Å². The lowest BCUT2D eigenvalue weighted by molar-refractivity contribution is -0.131. The third-order valence-electron chi connectivity index (χ3n) is 6.15. The molecule has 2 aliphatic rings. The average Bonchev–Trinajstić information content (AvgIpc) is 3.41. The fourth-order valence-electron chi connectivity index (χ4n) is 4.22. The molecule has 0 spiro atoms. The summed E-state index contributed by atoms with van der Waals surface area (Å²) in [5, 5.41) is 0. The minimum absolute atomic E-state index is 0.0733. The van der Waals surface area contributed by atoms with Crippen LogP contribution in [-0.4, -0.2) is 71.4 Å². The number of aryl methyl sites for hydroxylation is 1. The number of hydrogen-bond acceptors (Lipinski definition) is 6. The standard InChI is InChI=1S/C24H28N4O4/c1-26-20-5-3-2-4-19(20)25-23(26)16-28(9-8-27-10-12-30-13-11-27)24(29)15-18-6-7-21-22(14-18)32-17-31-21/h2-7,14H,8-13,15-17H2,1H3. The molecule has 3 aromatic rings. The molecule has 2 aliphatic heterocycles. The molecule has 1 saturated heterocycles. The lowest BCUT2D eigenvalue weighted by atomic mass is 10.1. The van der Waals surface area contributed by atoms with Gasteiger partial charge in [0.05, 0.1) is 37.2 Å². The van der Waals surface area contributed by atoms with Crippen LogP contribution in [0, 0.1) is 0 Å². The molecule has 1 amide bonds. The van der Waals surface area contributed by atoms with Gasteiger partial charge in [-0.3, -0.25) is 9.69 Å². The van der Waals surface area contributed by atoms with E-state index in [0.717, 1.165) is 61.0 Å². The number of imidazole rings is 1.